The zero-order valence-electron chi connectivity index (χ0n) is 13.1. The van der Waals surface area contributed by atoms with Gasteiger partial charge in [-0.1, -0.05) is 29.3 Å². The Morgan fingerprint density at radius 1 is 1.00 bits per heavy atom. The molecule has 132 valence electrons. The second-order valence-electron chi connectivity index (χ2n) is 5.26. The number of rotatable bonds is 4. The lowest BCUT2D eigenvalue weighted by Gasteiger charge is -2.11. The van der Waals surface area contributed by atoms with Crippen molar-refractivity contribution in [2.24, 2.45) is 0 Å². The van der Waals surface area contributed by atoms with E-state index in [1.165, 1.54) is 24.5 Å². The largest absolute Gasteiger partial charge is 0.352 e. The van der Waals surface area contributed by atoms with Crippen molar-refractivity contribution in [2.75, 3.05) is 10.6 Å². The third kappa shape index (κ3) is 4.09. The van der Waals surface area contributed by atoms with Crippen molar-refractivity contribution in [3.8, 4) is 0 Å². The van der Waals surface area contributed by atoms with E-state index in [9.17, 15) is 13.6 Å². The van der Waals surface area contributed by atoms with E-state index in [-0.39, 0.29) is 16.9 Å². The molecule has 4 nitrogen and oxygen atoms in total. The van der Waals surface area contributed by atoms with Crippen LogP contribution in [0.4, 0.5) is 25.8 Å². The minimum atomic E-state index is -0.761. The summed E-state index contributed by atoms with van der Waals surface area (Å²) in [6.45, 7) is 0. The predicted molar refractivity (Wildman–Crippen MR) is 98.3 cm³/mol. The maximum absolute atomic E-state index is 13.7. The summed E-state index contributed by atoms with van der Waals surface area (Å²) in [5, 5.41) is 5.94. The van der Waals surface area contributed by atoms with Gasteiger partial charge >= 0.3 is 0 Å². The first kappa shape index (κ1) is 18.1. The van der Waals surface area contributed by atoms with E-state index in [0.717, 1.165) is 12.1 Å². The van der Waals surface area contributed by atoms with Crippen molar-refractivity contribution in [1.82, 2.24) is 4.98 Å². The molecule has 0 unspecified atom stereocenters. The van der Waals surface area contributed by atoms with Crippen LogP contribution in [0.15, 0.2) is 54.9 Å². The maximum Gasteiger partial charge on any atom is 0.257 e. The second kappa shape index (κ2) is 7.68. The average Bonchev–Trinajstić information content (AvgIpc) is 2.61. The third-order valence-corrected chi connectivity index (χ3v) is 4.04. The third-order valence-electron chi connectivity index (χ3n) is 3.41. The molecule has 2 N–H and O–H groups in total. The Labute approximate surface area is 157 Å². The molecule has 1 heterocycles. The number of carbonyl (C=O) groups excluding carboxylic acids is 1. The lowest BCUT2D eigenvalue weighted by Crippen LogP contribution is -2.13. The molecule has 1 amide bonds. The van der Waals surface area contributed by atoms with Gasteiger partial charge in [-0.3, -0.25) is 9.78 Å². The highest BCUT2D eigenvalue weighted by molar-refractivity contribution is 6.40. The van der Waals surface area contributed by atoms with Crippen LogP contribution < -0.4 is 10.6 Å². The summed E-state index contributed by atoms with van der Waals surface area (Å²) in [5.74, 6) is -1.94. The fourth-order valence-electron chi connectivity index (χ4n) is 2.18. The van der Waals surface area contributed by atoms with Gasteiger partial charge < -0.3 is 10.6 Å². The molecular formula is C18H11Cl2F2N3O. The first-order valence-corrected chi connectivity index (χ1v) is 8.12. The highest BCUT2D eigenvalue weighted by Gasteiger charge is 2.13. The lowest BCUT2D eigenvalue weighted by atomic mass is 10.2. The summed E-state index contributed by atoms with van der Waals surface area (Å²) >= 11 is 12.1. The van der Waals surface area contributed by atoms with Crippen molar-refractivity contribution in [3.63, 3.8) is 0 Å². The van der Waals surface area contributed by atoms with Crippen molar-refractivity contribution < 1.29 is 13.6 Å². The number of amides is 1. The molecule has 3 rings (SSSR count). The van der Waals surface area contributed by atoms with Crippen molar-refractivity contribution in [3.05, 3.63) is 82.1 Å². The Morgan fingerprint density at radius 3 is 2.42 bits per heavy atom. The van der Waals surface area contributed by atoms with Gasteiger partial charge in [-0.2, -0.15) is 0 Å². The molecule has 8 heteroatoms. The first-order chi connectivity index (χ1) is 12.4. The van der Waals surface area contributed by atoms with Gasteiger partial charge in [0.25, 0.3) is 5.91 Å². The SMILES string of the molecule is O=C(Nc1c(Cl)cccc1Cl)c1cncc(Nc2ccc(F)cc2F)c1. The van der Waals surface area contributed by atoms with Crippen LogP contribution in [0.3, 0.4) is 0 Å². The van der Waals surface area contributed by atoms with Gasteiger partial charge in [0.15, 0.2) is 0 Å². The molecule has 0 fully saturated rings. The molecule has 0 saturated carbocycles. The summed E-state index contributed by atoms with van der Waals surface area (Å²) in [6, 6.07) is 9.44. The lowest BCUT2D eigenvalue weighted by molar-refractivity contribution is 0.102. The standard InChI is InChI=1S/C18H11Cl2F2N3O/c19-13-2-1-3-14(20)17(13)25-18(26)10-6-12(9-23-8-10)24-16-5-4-11(21)7-15(16)22/h1-9,24H,(H,25,26). The quantitative estimate of drug-likeness (QED) is 0.600. The smallest absolute Gasteiger partial charge is 0.257 e. The molecule has 2 aromatic carbocycles. The van der Waals surface area contributed by atoms with E-state index < -0.39 is 17.5 Å². The molecule has 0 aliphatic carbocycles. The number of para-hydroxylation sites is 1. The number of halogens is 4. The molecule has 1 aromatic heterocycles. The molecule has 0 spiro atoms. The Kier molecular flexibility index (Phi) is 5.35. The maximum atomic E-state index is 13.7. The van der Waals surface area contributed by atoms with E-state index in [4.69, 9.17) is 23.2 Å². The van der Waals surface area contributed by atoms with Crippen LogP contribution in [-0.2, 0) is 0 Å². The van der Waals surface area contributed by atoms with Crippen LogP contribution in [0.2, 0.25) is 10.0 Å². The van der Waals surface area contributed by atoms with E-state index >= 15 is 0 Å². The average molecular weight is 394 g/mol. The topological polar surface area (TPSA) is 54.0 Å². The van der Waals surface area contributed by atoms with Crippen LogP contribution in [-0.4, -0.2) is 10.9 Å². The Hall–Kier alpha value is -2.70. The summed E-state index contributed by atoms with van der Waals surface area (Å²) < 4.78 is 26.7. The van der Waals surface area contributed by atoms with Crippen LogP contribution in [0.25, 0.3) is 0 Å². The summed E-state index contributed by atoms with van der Waals surface area (Å²) in [6.07, 6.45) is 2.74. The van der Waals surface area contributed by atoms with E-state index in [2.05, 4.69) is 15.6 Å². The van der Waals surface area contributed by atoms with E-state index in [1.807, 2.05) is 0 Å². The Balaban J connectivity index is 1.81. The number of nitrogens with one attached hydrogen (secondary N) is 2. The number of carbonyl (C=O) groups is 1. The van der Waals surface area contributed by atoms with E-state index in [0.29, 0.717) is 15.7 Å². The van der Waals surface area contributed by atoms with Crippen LogP contribution in [0.1, 0.15) is 10.4 Å². The van der Waals surface area contributed by atoms with Gasteiger partial charge in [-0.15, -0.1) is 0 Å². The van der Waals surface area contributed by atoms with Crippen LogP contribution in [0, 0.1) is 11.6 Å². The van der Waals surface area contributed by atoms with Crippen molar-refractivity contribution >= 4 is 46.2 Å². The van der Waals surface area contributed by atoms with Gasteiger partial charge in [0.2, 0.25) is 0 Å². The van der Waals surface area contributed by atoms with Gasteiger partial charge in [0.1, 0.15) is 11.6 Å². The number of pyridine rings is 1. The van der Waals surface area contributed by atoms with Crippen LogP contribution in [0.5, 0.6) is 0 Å². The first-order valence-electron chi connectivity index (χ1n) is 7.36. The second-order valence-corrected chi connectivity index (χ2v) is 6.08. The minimum absolute atomic E-state index is 0.0555. The molecule has 0 radical (unpaired) electrons. The molecule has 0 saturated heterocycles. The highest BCUT2D eigenvalue weighted by atomic mass is 35.5. The number of hydrogen-bond acceptors (Lipinski definition) is 3. The van der Waals surface area contributed by atoms with Gasteiger partial charge in [0.05, 0.1) is 38.9 Å². The van der Waals surface area contributed by atoms with Crippen molar-refractivity contribution in [1.29, 1.82) is 0 Å². The molecule has 3 aromatic rings. The predicted octanol–water partition coefficient (Wildman–Crippen LogP) is 5.66. The highest BCUT2D eigenvalue weighted by Crippen LogP contribution is 2.30. The number of anilines is 3. The summed E-state index contributed by atoms with van der Waals surface area (Å²) in [4.78, 5) is 16.4. The number of hydrogen-bond donors (Lipinski definition) is 2. The molecule has 0 bridgehead atoms. The molecule has 26 heavy (non-hydrogen) atoms. The van der Waals surface area contributed by atoms with Gasteiger partial charge in [-0.05, 0) is 30.3 Å². The molecule has 0 aliphatic rings. The normalized spacial score (nSPS) is 10.5. The summed E-state index contributed by atoms with van der Waals surface area (Å²) in [7, 11) is 0. The number of nitrogens with zero attached hydrogens (tertiary/aromatic N) is 1. The van der Waals surface area contributed by atoms with Gasteiger partial charge in [-0.25, -0.2) is 8.78 Å². The molecule has 0 aliphatic heterocycles. The fourth-order valence-corrected chi connectivity index (χ4v) is 2.67. The Morgan fingerprint density at radius 2 is 1.73 bits per heavy atom. The zero-order chi connectivity index (χ0) is 18.7. The monoisotopic (exact) mass is 393 g/mol. The van der Waals surface area contributed by atoms with Gasteiger partial charge in [0, 0.05) is 12.3 Å². The summed E-state index contributed by atoms with van der Waals surface area (Å²) in [5.41, 5.74) is 0.894. The molecule has 0 atom stereocenters. The van der Waals surface area contributed by atoms with E-state index in [1.54, 1.807) is 18.2 Å². The number of aromatic nitrogens is 1. The minimum Gasteiger partial charge on any atom is -0.352 e. The molecular weight excluding hydrogens is 383 g/mol. The zero-order valence-corrected chi connectivity index (χ0v) is 14.6. The van der Waals surface area contributed by atoms with Crippen LogP contribution >= 0.6 is 23.2 Å². The van der Waals surface area contributed by atoms with Crippen molar-refractivity contribution in [2.45, 2.75) is 0 Å². The number of benzene rings is 2. The fraction of sp³-hybridized carbons (Fsp3) is 0. The Bertz CT molecular complexity index is 962.